The number of anilines is 1. The van der Waals surface area contributed by atoms with Crippen molar-refractivity contribution in [3.05, 3.63) is 59.0 Å². The molecule has 2 heterocycles. The van der Waals surface area contributed by atoms with Gasteiger partial charge in [-0.3, -0.25) is 14.5 Å². The van der Waals surface area contributed by atoms with E-state index in [4.69, 9.17) is 0 Å². The molecule has 1 saturated heterocycles. The second-order valence-corrected chi connectivity index (χ2v) is 7.77. The molecule has 1 saturated carbocycles. The van der Waals surface area contributed by atoms with Crippen molar-refractivity contribution in [3.63, 3.8) is 0 Å². The van der Waals surface area contributed by atoms with Crippen LogP contribution >= 0.6 is 0 Å². The number of halogens is 1. The summed E-state index contributed by atoms with van der Waals surface area (Å²) in [4.78, 5) is 33.0. The standard InChI is InChI=1S/C21H22FN3O3/c1-13-3-5-15(6-4-13)11-25-18(27)12-24(19-17(22)7-14(2)10-23-19)20(28)21(25)8-16(26)9-21/h3-7,10,16,26H,8-9,11-12H2,1-2H3. The first kappa shape index (κ1) is 18.6. The average Bonchev–Trinajstić information content (AvgIpc) is 2.62. The summed E-state index contributed by atoms with van der Waals surface area (Å²) in [7, 11) is 0. The van der Waals surface area contributed by atoms with Crippen molar-refractivity contribution in [1.82, 2.24) is 9.88 Å². The van der Waals surface area contributed by atoms with E-state index in [1.807, 2.05) is 31.2 Å². The van der Waals surface area contributed by atoms with Crippen molar-refractivity contribution >= 4 is 17.6 Å². The first-order valence-electron chi connectivity index (χ1n) is 9.28. The lowest BCUT2D eigenvalue weighted by Crippen LogP contribution is -2.73. The van der Waals surface area contributed by atoms with Crippen molar-refractivity contribution < 1.29 is 19.1 Å². The Kier molecular flexibility index (Phi) is 4.42. The highest BCUT2D eigenvalue weighted by atomic mass is 19.1. The molecule has 0 unspecified atom stereocenters. The van der Waals surface area contributed by atoms with Crippen molar-refractivity contribution in [3.8, 4) is 0 Å². The molecule has 7 heteroatoms. The maximum Gasteiger partial charge on any atom is 0.254 e. The van der Waals surface area contributed by atoms with E-state index >= 15 is 0 Å². The Morgan fingerprint density at radius 3 is 2.46 bits per heavy atom. The molecule has 1 aliphatic heterocycles. The second-order valence-electron chi connectivity index (χ2n) is 7.77. The molecule has 1 aromatic heterocycles. The number of carbonyl (C=O) groups is 2. The van der Waals surface area contributed by atoms with Gasteiger partial charge in [-0.05, 0) is 31.0 Å². The largest absolute Gasteiger partial charge is 0.393 e. The maximum absolute atomic E-state index is 14.4. The molecule has 0 bridgehead atoms. The molecule has 0 radical (unpaired) electrons. The van der Waals surface area contributed by atoms with E-state index in [2.05, 4.69) is 4.98 Å². The van der Waals surface area contributed by atoms with Gasteiger partial charge in [0.05, 0.1) is 6.10 Å². The van der Waals surface area contributed by atoms with Crippen molar-refractivity contribution in [2.45, 2.75) is 44.9 Å². The topological polar surface area (TPSA) is 73.7 Å². The summed E-state index contributed by atoms with van der Waals surface area (Å²) in [6, 6.07) is 9.03. The highest BCUT2D eigenvalue weighted by Gasteiger charge is 2.60. The molecule has 2 amide bonds. The van der Waals surface area contributed by atoms with Crippen LogP contribution in [0.2, 0.25) is 0 Å². The number of hydrogen-bond acceptors (Lipinski definition) is 4. The van der Waals surface area contributed by atoms with Gasteiger partial charge >= 0.3 is 0 Å². The number of rotatable bonds is 3. The van der Waals surface area contributed by atoms with E-state index in [9.17, 15) is 19.1 Å². The first-order valence-corrected chi connectivity index (χ1v) is 9.28. The number of hydrogen-bond donors (Lipinski definition) is 1. The number of aromatic nitrogens is 1. The fraction of sp³-hybridized carbons (Fsp3) is 0.381. The molecule has 1 spiro atoms. The number of benzene rings is 1. The molecule has 2 aromatic rings. The van der Waals surface area contributed by atoms with Crippen LogP contribution in [0.5, 0.6) is 0 Å². The number of pyridine rings is 1. The fourth-order valence-corrected chi connectivity index (χ4v) is 4.02. The quantitative estimate of drug-likeness (QED) is 0.881. The minimum Gasteiger partial charge on any atom is -0.393 e. The van der Waals surface area contributed by atoms with E-state index < -0.39 is 17.5 Å². The van der Waals surface area contributed by atoms with Gasteiger partial charge in [0.15, 0.2) is 11.6 Å². The first-order chi connectivity index (χ1) is 13.3. The number of aryl methyl sites for hydroxylation is 2. The minimum absolute atomic E-state index is 0.139. The molecule has 2 fully saturated rings. The zero-order valence-corrected chi connectivity index (χ0v) is 15.9. The van der Waals surface area contributed by atoms with Gasteiger partial charge in [0, 0.05) is 25.6 Å². The van der Waals surface area contributed by atoms with Gasteiger partial charge in [0.2, 0.25) is 5.91 Å². The summed E-state index contributed by atoms with van der Waals surface area (Å²) >= 11 is 0. The minimum atomic E-state index is -1.15. The van der Waals surface area contributed by atoms with Gasteiger partial charge < -0.3 is 10.0 Å². The van der Waals surface area contributed by atoms with Gasteiger partial charge in [-0.25, -0.2) is 9.37 Å². The third-order valence-electron chi connectivity index (χ3n) is 5.58. The third kappa shape index (κ3) is 2.96. The third-order valence-corrected chi connectivity index (χ3v) is 5.58. The smallest absolute Gasteiger partial charge is 0.254 e. The maximum atomic E-state index is 14.4. The molecule has 1 aromatic carbocycles. The summed E-state index contributed by atoms with van der Waals surface area (Å²) in [5.74, 6) is -1.45. The number of nitrogens with zero attached hydrogens (tertiary/aromatic N) is 3. The van der Waals surface area contributed by atoms with E-state index in [0.717, 1.165) is 16.0 Å². The van der Waals surface area contributed by atoms with Crippen LogP contribution in [0.1, 0.15) is 29.5 Å². The van der Waals surface area contributed by atoms with Crippen LogP contribution in [0.3, 0.4) is 0 Å². The molecule has 0 atom stereocenters. The Morgan fingerprint density at radius 2 is 1.86 bits per heavy atom. The lowest BCUT2D eigenvalue weighted by Gasteiger charge is -2.55. The van der Waals surface area contributed by atoms with Crippen molar-refractivity contribution in [2.75, 3.05) is 11.4 Å². The van der Waals surface area contributed by atoms with Gasteiger partial charge in [-0.2, -0.15) is 0 Å². The van der Waals surface area contributed by atoms with Crippen LogP contribution in [0.4, 0.5) is 10.2 Å². The normalized spacial score (nSPS) is 24.6. The number of piperazine rings is 1. The Hall–Kier alpha value is -2.80. The lowest BCUT2D eigenvalue weighted by molar-refractivity contribution is -0.167. The zero-order chi connectivity index (χ0) is 20.1. The van der Waals surface area contributed by atoms with Gasteiger partial charge in [-0.15, -0.1) is 0 Å². The van der Waals surface area contributed by atoms with Gasteiger partial charge in [0.1, 0.15) is 12.1 Å². The molecular formula is C21H22FN3O3. The van der Waals surface area contributed by atoms with Crippen LogP contribution in [0.25, 0.3) is 0 Å². The second kappa shape index (κ2) is 6.67. The summed E-state index contributed by atoms with van der Waals surface area (Å²) in [5.41, 5.74) is 1.48. The van der Waals surface area contributed by atoms with Crippen LogP contribution in [0.15, 0.2) is 36.5 Å². The Labute approximate surface area is 162 Å². The summed E-state index contributed by atoms with van der Waals surface area (Å²) in [6.07, 6.45) is 1.10. The number of aliphatic hydroxyl groups is 1. The lowest BCUT2D eigenvalue weighted by atomic mass is 9.70. The Bertz CT molecular complexity index is 938. The predicted molar refractivity (Wildman–Crippen MR) is 101 cm³/mol. The van der Waals surface area contributed by atoms with E-state index in [1.165, 1.54) is 17.2 Å². The highest BCUT2D eigenvalue weighted by Crippen LogP contribution is 2.43. The molecule has 146 valence electrons. The van der Waals surface area contributed by atoms with Crippen LogP contribution in [0, 0.1) is 19.7 Å². The molecular weight excluding hydrogens is 361 g/mol. The van der Waals surface area contributed by atoms with Gasteiger partial charge in [0.25, 0.3) is 5.91 Å². The summed E-state index contributed by atoms with van der Waals surface area (Å²) < 4.78 is 14.4. The number of amides is 2. The summed E-state index contributed by atoms with van der Waals surface area (Å²) in [5, 5.41) is 9.94. The highest BCUT2D eigenvalue weighted by molar-refractivity contribution is 6.09. The van der Waals surface area contributed by atoms with Gasteiger partial charge in [-0.1, -0.05) is 29.8 Å². The van der Waals surface area contributed by atoms with Crippen molar-refractivity contribution in [2.24, 2.45) is 0 Å². The Balaban J connectivity index is 1.68. The number of carbonyl (C=O) groups excluding carboxylic acids is 2. The fourth-order valence-electron chi connectivity index (χ4n) is 4.02. The molecule has 1 N–H and O–H groups in total. The predicted octanol–water partition coefficient (Wildman–Crippen LogP) is 2.11. The monoisotopic (exact) mass is 383 g/mol. The van der Waals surface area contributed by atoms with Crippen LogP contribution in [-0.2, 0) is 16.1 Å². The number of aliphatic hydroxyl groups excluding tert-OH is 1. The summed E-state index contributed by atoms with van der Waals surface area (Å²) in [6.45, 7) is 3.69. The zero-order valence-electron chi connectivity index (χ0n) is 15.9. The molecule has 1 aliphatic carbocycles. The molecule has 2 aliphatic rings. The molecule has 4 rings (SSSR count). The molecule has 6 nitrogen and oxygen atoms in total. The Morgan fingerprint density at radius 1 is 1.18 bits per heavy atom. The average molecular weight is 383 g/mol. The SMILES string of the molecule is Cc1ccc(CN2C(=O)CN(c3ncc(C)cc3F)C(=O)C23CC(O)C3)cc1. The van der Waals surface area contributed by atoms with E-state index in [-0.39, 0.29) is 43.6 Å². The molecule has 28 heavy (non-hydrogen) atoms. The van der Waals surface area contributed by atoms with Crippen LogP contribution < -0.4 is 4.90 Å². The van der Waals surface area contributed by atoms with Crippen molar-refractivity contribution in [1.29, 1.82) is 0 Å². The van der Waals surface area contributed by atoms with Crippen LogP contribution in [-0.4, -0.2) is 45.0 Å². The van der Waals surface area contributed by atoms with E-state index in [0.29, 0.717) is 5.56 Å². The van der Waals surface area contributed by atoms with E-state index in [1.54, 1.807) is 6.92 Å².